The van der Waals surface area contributed by atoms with Crippen LogP contribution in [-0.2, 0) is 0 Å². The number of amides is 2. The first-order valence-electron chi connectivity index (χ1n) is 8.40. The Labute approximate surface area is 122 Å². The van der Waals surface area contributed by atoms with Gasteiger partial charge in [-0.25, -0.2) is 4.79 Å². The molecular weight excluding hydrogens is 252 g/mol. The molecule has 0 radical (unpaired) electrons. The first-order valence-corrected chi connectivity index (χ1v) is 8.40. The molecule has 0 aromatic rings. The van der Waals surface area contributed by atoms with Gasteiger partial charge in [0.05, 0.1) is 12.1 Å². The van der Waals surface area contributed by atoms with Gasteiger partial charge in [-0.3, -0.25) is 0 Å². The van der Waals surface area contributed by atoms with Gasteiger partial charge < -0.3 is 15.7 Å². The van der Waals surface area contributed by atoms with Crippen LogP contribution >= 0.6 is 0 Å². The van der Waals surface area contributed by atoms with Crippen molar-refractivity contribution < 1.29 is 9.90 Å². The van der Waals surface area contributed by atoms with E-state index in [1.807, 2.05) is 0 Å². The maximum absolute atomic E-state index is 12.0. The fraction of sp³-hybridized carbons (Fsp3) is 0.938. The maximum Gasteiger partial charge on any atom is 0.315 e. The van der Waals surface area contributed by atoms with Gasteiger partial charge in [-0.05, 0) is 32.1 Å². The van der Waals surface area contributed by atoms with Gasteiger partial charge in [-0.2, -0.15) is 0 Å². The SMILES string of the molecule is C[C@H](CC1CCCCC1)NC(=O)N[C@@H]1CCCC[C@H]1O. The Kier molecular flexibility index (Phi) is 6.14. The Morgan fingerprint density at radius 2 is 1.75 bits per heavy atom. The minimum atomic E-state index is -0.372. The number of aliphatic hydroxyl groups excluding tert-OH is 1. The highest BCUT2D eigenvalue weighted by Crippen LogP contribution is 2.27. The number of rotatable bonds is 4. The molecule has 4 nitrogen and oxygen atoms in total. The highest BCUT2D eigenvalue weighted by molar-refractivity contribution is 5.74. The quantitative estimate of drug-likeness (QED) is 0.742. The topological polar surface area (TPSA) is 61.4 Å². The lowest BCUT2D eigenvalue weighted by atomic mass is 9.85. The summed E-state index contributed by atoms with van der Waals surface area (Å²) in [7, 11) is 0. The molecule has 3 atom stereocenters. The summed E-state index contributed by atoms with van der Waals surface area (Å²) >= 11 is 0. The number of hydrogen-bond donors (Lipinski definition) is 3. The lowest BCUT2D eigenvalue weighted by molar-refractivity contribution is 0.0939. The molecule has 3 N–H and O–H groups in total. The van der Waals surface area contributed by atoms with Crippen LogP contribution < -0.4 is 10.6 Å². The average Bonchev–Trinajstić information content (AvgIpc) is 2.42. The molecule has 2 fully saturated rings. The highest BCUT2D eigenvalue weighted by Gasteiger charge is 2.25. The van der Waals surface area contributed by atoms with E-state index in [1.165, 1.54) is 32.1 Å². The van der Waals surface area contributed by atoms with Crippen molar-refractivity contribution in [2.75, 3.05) is 0 Å². The fourth-order valence-corrected chi connectivity index (χ4v) is 3.70. The van der Waals surface area contributed by atoms with Crippen molar-refractivity contribution in [2.24, 2.45) is 5.92 Å². The summed E-state index contributed by atoms with van der Waals surface area (Å²) in [5, 5.41) is 15.8. The van der Waals surface area contributed by atoms with E-state index >= 15 is 0 Å². The molecule has 0 spiro atoms. The summed E-state index contributed by atoms with van der Waals surface area (Å²) in [5.41, 5.74) is 0. The third-order valence-electron chi connectivity index (χ3n) is 4.84. The molecule has 2 amide bonds. The van der Waals surface area contributed by atoms with E-state index in [2.05, 4.69) is 17.6 Å². The largest absolute Gasteiger partial charge is 0.391 e. The summed E-state index contributed by atoms with van der Waals surface area (Å²) in [6.07, 6.45) is 11.3. The van der Waals surface area contributed by atoms with Crippen LogP contribution in [0, 0.1) is 5.92 Å². The van der Waals surface area contributed by atoms with Crippen LogP contribution in [-0.4, -0.2) is 29.3 Å². The average molecular weight is 282 g/mol. The van der Waals surface area contributed by atoms with Crippen molar-refractivity contribution in [3.05, 3.63) is 0 Å². The van der Waals surface area contributed by atoms with Crippen molar-refractivity contribution >= 4 is 6.03 Å². The summed E-state index contributed by atoms with van der Waals surface area (Å²) in [6.45, 7) is 2.09. The molecule has 2 saturated carbocycles. The molecule has 116 valence electrons. The number of aliphatic hydroxyl groups is 1. The van der Waals surface area contributed by atoms with E-state index in [-0.39, 0.29) is 24.2 Å². The van der Waals surface area contributed by atoms with Gasteiger partial charge in [0, 0.05) is 6.04 Å². The molecule has 0 aromatic heterocycles. The molecule has 0 unspecified atom stereocenters. The first kappa shape index (κ1) is 15.6. The molecular formula is C16H30N2O2. The van der Waals surface area contributed by atoms with Crippen LogP contribution in [0.15, 0.2) is 0 Å². The lowest BCUT2D eigenvalue weighted by Crippen LogP contribution is -2.51. The predicted molar refractivity (Wildman–Crippen MR) is 80.6 cm³/mol. The molecule has 4 heteroatoms. The minimum absolute atomic E-state index is 0.0642. The smallest absolute Gasteiger partial charge is 0.315 e. The predicted octanol–water partition coefficient (Wildman–Crippen LogP) is 2.95. The highest BCUT2D eigenvalue weighted by atomic mass is 16.3. The summed E-state index contributed by atoms with van der Waals surface area (Å²) in [6, 6.07) is 0.0451. The Bertz CT molecular complexity index is 303. The van der Waals surface area contributed by atoms with Gasteiger partial charge in [-0.1, -0.05) is 44.9 Å². The number of urea groups is 1. The van der Waals surface area contributed by atoms with Gasteiger partial charge in [0.25, 0.3) is 0 Å². The van der Waals surface area contributed by atoms with Crippen molar-refractivity contribution in [3.63, 3.8) is 0 Å². The Morgan fingerprint density at radius 1 is 1.10 bits per heavy atom. The zero-order chi connectivity index (χ0) is 14.4. The summed E-state index contributed by atoms with van der Waals surface area (Å²) in [4.78, 5) is 12.0. The van der Waals surface area contributed by atoms with Crippen LogP contribution in [0.1, 0.15) is 71.1 Å². The van der Waals surface area contributed by atoms with Gasteiger partial charge in [0.1, 0.15) is 0 Å². The van der Waals surface area contributed by atoms with Gasteiger partial charge in [-0.15, -0.1) is 0 Å². The molecule has 0 saturated heterocycles. The monoisotopic (exact) mass is 282 g/mol. The van der Waals surface area contributed by atoms with E-state index < -0.39 is 0 Å². The van der Waals surface area contributed by atoms with Crippen molar-refractivity contribution in [2.45, 2.75) is 89.3 Å². The van der Waals surface area contributed by atoms with E-state index in [9.17, 15) is 9.90 Å². The number of hydrogen-bond acceptors (Lipinski definition) is 2. The van der Waals surface area contributed by atoms with Crippen molar-refractivity contribution in [1.82, 2.24) is 10.6 Å². The second-order valence-electron chi connectivity index (χ2n) is 6.72. The molecule has 0 aliphatic heterocycles. The van der Waals surface area contributed by atoms with Crippen LogP contribution in [0.5, 0.6) is 0 Å². The van der Waals surface area contributed by atoms with Crippen molar-refractivity contribution in [3.8, 4) is 0 Å². The van der Waals surface area contributed by atoms with Crippen LogP contribution in [0.3, 0.4) is 0 Å². The zero-order valence-corrected chi connectivity index (χ0v) is 12.7. The molecule has 0 aromatic carbocycles. The third kappa shape index (κ3) is 4.97. The number of carbonyl (C=O) groups is 1. The molecule has 2 rings (SSSR count). The Hall–Kier alpha value is -0.770. The van der Waals surface area contributed by atoms with Gasteiger partial charge >= 0.3 is 6.03 Å². The zero-order valence-electron chi connectivity index (χ0n) is 12.7. The fourth-order valence-electron chi connectivity index (χ4n) is 3.70. The van der Waals surface area contributed by atoms with E-state index in [1.54, 1.807) is 0 Å². The van der Waals surface area contributed by atoms with Crippen LogP contribution in [0.25, 0.3) is 0 Å². The molecule has 2 aliphatic carbocycles. The maximum atomic E-state index is 12.0. The normalized spacial score (nSPS) is 29.7. The summed E-state index contributed by atoms with van der Waals surface area (Å²) in [5.74, 6) is 0.777. The first-order chi connectivity index (χ1) is 9.65. The minimum Gasteiger partial charge on any atom is -0.391 e. The van der Waals surface area contributed by atoms with E-state index in [4.69, 9.17) is 0 Å². The number of nitrogens with one attached hydrogen (secondary N) is 2. The number of carbonyl (C=O) groups excluding carboxylic acids is 1. The van der Waals surface area contributed by atoms with Gasteiger partial charge in [0.2, 0.25) is 0 Å². The summed E-state index contributed by atoms with van der Waals surface area (Å²) < 4.78 is 0. The standard InChI is InChI=1S/C16H30N2O2/c1-12(11-13-7-3-2-4-8-13)17-16(20)18-14-9-5-6-10-15(14)19/h12-15,19H,2-11H2,1H3,(H2,17,18,20)/t12-,14-,15-/m1/s1. The third-order valence-corrected chi connectivity index (χ3v) is 4.84. The molecule has 2 aliphatic rings. The molecule has 20 heavy (non-hydrogen) atoms. The molecule has 0 bridgehead atoms. The second-order valence-corrected chi connectivity index (χ2v) is 6.72. The van der Waals surface area contributed by atoms with Gasteiger partial charge in [0.15, 0.2) is 0 Å². The lowest BCUT2D eigenvalue weighted by Gasteiger charge is -2.29. The van der Waals surface area contributed by atoms with E-state index in [0.29, 0.717) is 0 Å². The van der Waals surface area contributed by atoms with E-state index in [0.717, 1.165) is 38.0 Å². The second kappa shape index (κ2) is 7.87. The Morgan fingerprint density at radius 3 is 2.45 bits per heavy atom. The Balaban J connectivity index is 1.67. The molecule has 0 heterocycles. The van der Waals surface area contributed by atoms with Crippen molar-refractivity contribution in [1.29, 1.82) is 0 Å². The van der Waals surface area contributed by atoms with Crippen LogP contribution in [0.4, 0.5) is 4.79 Å². The van der Waals surface area contributed by atoms with Crippen LogP contribution in [0.2, 0.25) is 0 Å².